The van der Waals surface area contributed by atoms with E-state index in [1.54, 1.807) is 11.0 Å². The topological polar surface area (TPSA) is 90.4 Å². The third-order valence-electron chi connectivity index (χ3n) is 7.53. The zero-order valence-corrected chi connectivity index (χ0v) is 23.2. The zero-order valence-electron chi connectivity index (χ0n) is 22.4. The predicted octanol–water partition coefficient (Wildman–Crippen LogP) is 5.29. The molecule has 0 radical (unpaired) electrons. The molecule has 0 amide bonds. The Morgan fingerprint density at radius 1 is 0.977 bits per heavy atom. The van der Waals surface area contributed by atoms with Gasteiger partial charge in [0.15, 0.2) is 0 Å². The van der Waals surface area contributed by atoms with E-state index in [4.69, 9.17) is 0 Å². The molecule has 0 aliphatic carbocycles. The Kier molecular flexibility index (Phi) is 7.98. The Balaban J connectivity index is 1.63. The monoisotopic (exact) mass is 629 g/mol. The van der Waals surface area contributed by atoms with Gasteiger partial charge in [0.2, 0.25) is 0 Å². The van der Waals surface area contributed by atoms with Crippen molar-refractivity contribution in [3.63, 3.8) is 0 Å². The minimum absolute atomic E-state index is 0.0754. The van der Waals surface area contributed by atoms with Gasteiger partial charge in [0.1, 0.15) is 17.6 Å². The summed E-state index contributed by atoms with van der Waals surface area (Å²) in [7, 11) is -4.62. The summed E-state index contributed by atoms with van der Waals surface area (Å²) >= 11 is 0. The van der Waals surface area contributed by atoms with Crippen LogP contribution in [0.2, 0.25) is 0 Å². The third-order valence-corrected chi connectivity index (χ3v) is 9.30. The van der Waals surface area contributed by atoms with Gasteiger partial charge in [-0.2, -0.15) is 22.0 Å². The maximum Gasteiger partial charge on any atom is 0.416 e. The van der Waals surface area contributed by atoms with Gasteiger partial charge in [-0.05, 0) is 60.5 Å². The van der Waals surface area contributed by atoms with E-state index in [9.17, 15) is 44.7 Å². The van der Waals surface area contributed by atoms with Crippen molar-refractivity contribution in [1.82, 2.24) is 4.90 Å². The van der Waals surface area contributed by atoms with Crippen LogP contribution in [0.25, 0.3) is 11.1 Å². The SMILES string of the molecule is CC(C(=O)O)N1CCN2c3ccc(-c4cc(F)cc(OC(F)F)c4)cc3N(S(=O)(=O)c3cccc(C(F)(F)F)c3)C[C@@H]2C1. The minimum atomic E-state index is -4.80. The normalized spacial score (nSPS) is 18.3. The molecule has 1 N–H and O–H groups in total. The van der Waals surface area contributed by atoms with Crippen LogP contribution < -0.4 is 13.9 Å². The van der Waals surface area contributed by atoms with Crippen LogP contribution in [0.1, 0.15) is 12.5 Å². The van der Waals surface area contributed by atoms with E-state index in [1.165, 1.54) is 19.1 Å². The van der Waals surface area contributed by atoms with Gasteiger partial charge in [-0.25, -0.2) is 12.8 Å². The molecule has 1 saturated heterocycles. The number of benzene rings is 3. The fraction of sp³-hybridized carbons (Fsp3) is 0.321. The number of ether oxygens (including phenoxy) is 1. The number of piperazine rings is 1. The van der Waals surface area contributed by atoms with Gasteiger partial charge in [-0.1, -0.05) is 12.1 Å². The van der Waals surface area contributed by atoms with Crippen LogP contribution in [0.15, 0.2) is 65.6 Å². The highest BCUT2D eigenvalue weighted by molar-refractivity contribution is 7.92. The molecule has 0 spiro atoms. The van der Waals surface area contributed by atoms with Crippen molar-refractivity contribution < 1.29 is 49.4 Å². The molecule has 1 fully saturated rings. The molecule has 230 valence electrons. The van der Waals surface area contributed by atoms with Crippen LogP contribution in [-0.2, 0) is 21.0 Å². The highest BCUT2D eigenvalue weighted by Gasteiger charge is 2.42. The first-order valence-electron chi connectivity index (χ1n) is 13.0. The molecular weight excluding hydrogens is 604 g/mol. The number of halogens is 6. The lowest BCUT2D eigenvalue weighted by Crippen LogP contribution is -2.62. The van der Waals surface area contributed by atoms with Crippen molar-refractivity contribution in [3.05, 3.63) is 72.0 Å². The minimum Gasteiger partial charge on any atom is -0.480 e. The number of hydrogen-bond acceptors (Lipinski definition) is 6. The summed E-state index contributed by atoms with van der Waals surface area (Å²) in [6, 6.07) is 9.33. The van der Waals surface area contributed by atoms with Gasteiger partial charge in [0, 0.05) is 25.7 Å². The van der Waals surface area contributed by atoms with E-state index >= 15 is 0 Å². The van der Waals surface area contributed by atoms with Gasteiger partial charge in [0.05, 0.1) is 34.4 Å². The molecule has 1 unspecified atom stereocenters. The van der Waals surface area contributed by atoms with Gasteiger partial charge in [-0.3, -0.25) is 14.0 Å². The summed E-state index contributed by atoms with van der Waals surface area (Å²) in [5.74, 6) is -2.41. The fourth-order valence-electron chi connectivity index (χ4n) is 5.38. The first-order valence-corrected chi connectivity index (χ1v) is 14.4. The second kappa shape index (κ2) is 11.3. The second-order valence-electron chi connectivity index (χ2n) is 10.2. The summed E-state index contributed by atoms with van der Waals surface area (Å²) in [4.78, 5) is 14.6. The molecule has 2 atom stereocenters. The number of sulfonamides is 1. The average Bonchev–Trinajstić information content (AvgIpc) is 2.94. The van der Waals surface area contributed by atoms with E-state index < -0.39 is 62.9 Å². The number of anilines is 2. The van der Waals surface area contributed by atoms with Crippen molar-refractivity contribution in [2.75, 3.05) is 35.4 Å². The van der Waals surface area contributed by atoms with E-state index in [2.05, 4.69) is 4.74 Å². The summed E-state index contributed by atoms with van der Waals surface area (Å²) in [6.45, 7) is -1.14. The Morgan fingerprint density at radius 3 is 2.40 bits per heavy atom. The molecular formula is C28H25F6N3O5S. The van der Waals surface area contributed by atoms with Crippen LogP contribution in [-0.4, -0.2) is 69.3 Å². The Bertz CT molecular complexity index is 1650. The molecule has 2 aliphatic heterocycles. The highest BCUT2D eigenvalue weighted by Crippen LogP contribution is 2.43. The van der Waals surface area contributed by atoms with Crippen LogP contribution in [0.3, 0.4) is 0 Å². The van der Waals surface area contributed by atoms with Crippen LogP contribution >= 0.6 is 0 Å². The summed E-state index contributed by atoms with van der Waals surface area (Å²) in [5, 5.41) is 9.51. The van der Waals surface area contributed by atoms with E-state index in [-0.39, 0.29) is 29.9 Å². The van der Waals surface area contributed by atoms with Crippen LogP contribution in [0, 0.1) is 5.82 Å². The summed E-state index contributed by atoms with van der Waals surface area (Å²) in [6.07, 6.45) is -4.80. The largest absolute Gasteiger partial charge is 0.480 e. The van der Waals surface area contributed by atoms with Crippen molar-refractivity contribution in [1.29, 1.82) is 0 Å². The number of carboxylic acid groups (broad SMARTS) is 1. The van der Waals surface area contributed by atoms with E-state index in [1.807, 2.05) is 4.90 Å². The number of rotatable bonds is 7. The van der Waals surface area contributed by atoms with Crippen molar-refractivity contribution in [2.45, 2.75) is 36.7 Å². The Morgan fingerprint density at radius 2 is 1.72 bits per heavy atom. The number of alkyl halides is 5. The number of hydrogen-bond donors (Lipinski definition) is 1. The predicted molar refractivity (Wildman–Crippen MR) is 144 cm³/mol. The number of fused-ring (bicyclic) bond motifs is 3. The smallest absolute Gasteiger partial charge is 0.416 e. The van der Waals surface area contributed by atoms with Crippen LogP contribution in [0.4, 0.5) is 37.7 Å². The molecule has 0 bridgehead atoms. The van der Waals surface area contributed by atoms with Gasteiger partial charge in [-0.15, -0.1) is 0 Å². The Labute approximate surface area is 242 Å². The molecule has 15 heteroatoms. The lowest BCUT2D eigenvalue weighted by atomic mass is 9.99. The molecule has 3 aromatic carbocycles. The van der Waals surface area contributed by atoms with Gasteiger partial charge >= 0.3 is 18.8 Å². The quantitative estimate of drug-likeness (QED) is 0.356. The van der Waals surface area contributed by atoms with Gasteiger partial charge < -0.3 is 14.7 Å². The molecule has 43 heavy (non-hydrogen) atoms. The summed E-state index contributed by atoms with van der Waals surface area (Å²) in [5.41, 5.74) is -0.355. The first-order chi connectivity index (χ1) is 20.1. The van der Waals surface area contributed by atoms with Crippen LogP contribution in [0.5, 0.6) is 5.75 Å². The molecule has 2 aliphatic rings. The highest BCUT2D eigenvalue weighted by atomic mass is 32.2. The number of carboxylic acids is 1. The number of nitrogens with zero attached hydrogens (tertiary/aromatic N) is 3. The maximum absolute atomic E-state index is 14.3. The van der Waals surface area contributed by atoms with Crippen molar-refractivity contribution in [3.8, 4) is 16.9 Å². The lowest BCUT2D eigenvalue weighted by molar-refractivity contribution is -0.143. The number of aliphatic carboxylic acids is 1. The lowest BCUT2D eigenvalue weighted by Gasteiger charge is -2.49. The van der Waals surface area contributed by atoms with Crippen molar-refractivity contribution in [2.24, 2.45) is 0 Å². The molecule has 0 aromatic heterocycles. The standard InChI is InChI=1S/C28H25F6N3O5S/c1-16(26(38)39)35-7-8-36-21(14-35)15-37(43(40,41)23-4-2-3-19(12-23)28(32,33)34)25-11-17(5-6-24(25)36)18-9-20(29)13-22(10-18)42-27(30)31/h2-6,9-13,16,21,27H,7-8,14-15H2,1H3,(H,38,39)/t16?,21-/m0/s1. The zero-order chi connectivity index (χ0) is 31.3. The average molecular weight is 630 g/mol. The molecule has 2 heterocycles. The third kappa shape index (κ3) is 6.09. The Hall–Kier alpha value is -3.98. The van der Waals surface area contributed by atoms with E-state index in [0.717, 1.165) is 40.7 Å². The molecule has 3 aromatic rings. The first kappa shape index (κ1) is 30.5. The number of carbonyl (C=O) groups is 1. The van der Waals surface area contributed by atoms with Crippen molar-refractivity contribution >= 4 is 27.4 Å². The second-order valence-corrected chi connectivity index (χ2v) is 12.0. The maximum atomic E-state index is 14.3. The fourth-order valence-corrected chi connectivity index (χ4v) is 6.94. The van der Waals surface area contributed by atoms with Gasteiger partial charge in [0.25, 0.3) is 10.0 Å². The molecule has 5 rings (SSSR count). The summed E-state index contributed by atoms with van der Waals surface area (Å²) < 4.78 is 114. The molecule has 8 nitrogen and oxygen atoms in total. The van der Waals surface area contributed by atoms with E-state index in [0.29, 0.717) is 24.8 Å². The molecule has 0 saturated carbocycles.